The van der Waals surface area contributed by atoms with Gasteiger partial charge in [-0.3, -0.25) is 4.55 Å². The minimum absolute atomic E-state index is 0. The van der Waals surface area contributed by atoms with Gasteiger partial charge in [-0.25, -0.2) is 0 Å². The quantitative estimate of drug-likeness (QED) is 0.248. The summed E-state index contributed by atoms with van der Waals surface area (Å²) in [7, 11) is -3.73. The monoisotopic (exact) mass is 222 g/mol. The fourth-order valence-electron chi connectivity index (χ4n) is 0.750. The third-order valence-electron chi connectivity index (χ3n) is 1.31. The molecule has 0 radical (unpaired) electrons. The zero-order chi connectivity index (χ0) is 8.74. The van der Waals surface area contributed by atoms with Crippen LogP contribution in [-0.2, 0) is 10.1 Å². The van der Waals surface area contributed by atoms with Gasteiger partial charge in [0.1, 0.15) is 0 Å². The van der Waals surface area contributed by atoms with Crippen LogP contribution in [0.1, 0.15) is 27.1 Å². The van der Waals surface area contributed by atoms with Gasteiger partial charge >= 0.3 is 29.6 Å². The Morgan fingerprint density at radius 2 is 1.67 bits per heavy atom. The zero-order valence-electron chi connectivity index (χ0n) is 8.36. The second kappa shape index (κ2) is 8.84. The number of unbranched alkanes of at least 4 members (excludes halogenated alkanes) is 3. The van der Waals surface area contributed by atoms with Crippen molar-refractivity contribution in [2.45, 2.75) is 25.7 Å². The van der Waals surface area contributed by atoms with E-state index in [4.69, 9.17) is 4.55 Å². The van der Waals surface area contributed by atoms with Crippen LogP contribution in [-0.4, -0.2) is 24.5 Å². The molecule has 0 bridgehead atoms. The summed E-state index contributed by atoms with van der Waals surface area (Å²) in [6, 6.07) is 0. The van der Waals surface area contributed by atoms with Crippen molar-refractivity contribution in [2.75, 3.05) is 11.5 Å². The van der Waals surface area contributed by atoms with Crippen LogP contribution in [0.4, 0.5) is 0 Å². The Morgan fingerprint density at radius 1 is 1.17 bits per heavy atom. The standard InChI is InChI=1S/C6H14O3S2.Na.H/c7-11(8,9)6-4-2-1-3-5-10;;/h10H,1-6H2,(H,7,8,9);;/q;+1;-1. The van der Waals surface area contributed by atoms with Gasteiger partial charge in [-0.05, 0) is 18.6 Å². The molecule has 0 saturated carbocycles. The van der Waals surface area contributed by atoms with Crippen molar-refractivity contribution in [3.63, 3.8) is 0 Å². The van der Waals surface area contributed by atoms with Crippen molar-refractivity contribution < 1.29 is 44.0 Å². The third kappa shape index (κ3) is 13.8. The minimum Gasteiger partial charge on any atom is -1.00 e. The second-order valence-corrected chi connectivity index (χ2v) is 4.44. The maximum atomic E-state index is 10.2. The average molecular weight is 222 g/mol. The van der Waals surface area contributed by atoms with E-state index in [2.05, 4.69) is 12.6 Å². The van der Waals surface area contributed by atoms with Crippen LogP contribution < -0.4 is 29.6 Å². The molecule has 0 saturated heterocycles. The van der Waals surface area contributed by atoms with Gasteiger partial charge in [0.15, 0.2) is 0 Å². The molecule has 0 fully saturated rings. The molecule has 0 heterocycles. The molecule has 0 unspecified atom stereocenters. The molecular weight excluding hydrogens is 207 g/mol. The maximum absolute atomic E-state index is 10.2. The molecule has 0 rings (SSSR count). The average Bonchev–Trinajstić information content (AvgIpc) is 1.85. The van der Waals surface area contributed by atoms with Gasteiger partial charge in [0.05, 0.1) is 5.75 Å². The van der Waals surface area contributed by atoms with E-state index in [0.29, 0.717) is 6.42 Å². The van der Waals surface area contributed by atoms with Crippen molar-refractivity contribution >= 4 is 22.7 Å². The van der Waals surface area contributed by atoms with Crippen LogP contribution in [0.25, 0.3) is 0 Å². The fraction of sp³-hybridized carbons (Fsp3) is 1.00. The molecule has 0 aliphatic carbocycles. The van der Waals surface area contributed by atoms with Gasteiger partial charge in [0.25, 0.3) is 10.1 Å². The molecule has 0 spiro atoms. The van der Waals surface area contributed by atoms with Gasteiger partial charge < -0.3 is 1.43 Å². The first-order valence-corrected chi connectivity index (χ1v) is 5.86. The molecule has 6 heteroatoms. The molecule has 0 aromatic rings. The molecule has 1 N–H and O–H groups in total. The van der Waals surface area contributed by atoms with Gasteiger partial charge in [-0.1, -0.05) is 12.8 Å². The SMILES string of the molecule is O=S(=O)(O)CCCCCCS.[H-].[Na+]. The van der Waals surface area contributed by atoms with Crippen LogP contribution in [0, 0.1) is 0 Å². The van der Waals surface area contributed by atoms with Crippen LogP contribution in [0.2, 0.25) is 0 Å². The third-order valence-corrected chi connectivity index (χ3v) is 2.43. The number of hydrogen-bond donors (Lipinski definition) is 2. The van der Waals surface area contributed by atoms with Crippen LogP contribution >= 0.6 is 12.6 Å². The van der Waals surface area contributed by atoms with Crippen LogP contribution in [0.15, 0.2) is 0 Å². The van der Waals surface area contributed by atoms with Crippen molar-refractivity contribution in [1.29, 1.82) is 0 Å². The maximum Gasteiger partial charge on any atom is 1.00 e. The van der Waals surface area contributed by atoms with E-state index >= 15 is 0 Å². The molecule has 0 atom stereocenters. The summed E-state index contributed by atoms with van der Waals surface area (Å²) in [6.07, 6.45) is 3.39. The molecule has 0 aliphatic rings. The Morgan fingerprint density at radius 3 is 2.08 bits per heavy atom. The Kier molecular flexibility index (Phi) is 11.6. The molecule has 3 nitrogen and oxygen atoms in total. The first-order chi connectivity index (χ1) is 5.06. The minimum atomic E-state index is -3.73. The van der Waals surface area contributed by atoms with Crippen molar-refractivity contribution in [2.24, 2.45) is 0 Å². The van der Waals surface area contributed by atoms with E-state index in [-0.39, 0.29) is 36.7 Å². The summed E-state index contributed by atoms with van der Waals surface area (Å²) >= 11 is 4.01. The first kappa shape index (κ1) is 15.7. The topological polar surface area (TPSA) is 54.4 Å². The molecular formula is C6H15NaO3S2. The molecule has 0 amide bonds. The predicted molar refractivity (Wildman–Crippen MR) is 49.8 cm³/mol. The summed E-state index contributed by atoms with van der Waals surface area (Å²) in [6.45, 7) is 0. The smallest absolute Gasteiger partial charge is 1.00 e. The van der Waals surface area contributed by atoms with Crippen molar-refractivity contribution in [1.82, 2.24) is 0 Å². The van der Waals surface area contributed by atoms with E-state index in [0.717, 1.165) is 25.0 Å². The van der Waals surface area contributed by atoms with E-state index in [1.807, 2.05) is 0 Å². The van der Waals surface area contributed by atoms with E-state index in [1.165, 1.54) is 0 Å². The van der Waals surface area contributed by atoms with Crippen LogP contribution in [0.3, 0.4) is 0 Å². The second-order valence-electron chi connectivity index (χ2n) is 2.42. The Labute approximate surface area is 103 Å². The van der Waals surface area contributed by atoms with Crippen molar-refractivity contribution in [3.8, 4) is 0 Å². The zero-order valence-corrected chi connectivity index (χ0v) is 11.1. The molecule has 0 aromatic heterocycles. The molecule has 0 aromatic carbocycles. The summed E-state index contributed by atoms with van der Waals surface area (Å²) in [4.78, 5) is 0. The number of hydrogen-bond acceptors (Lipinski definition) is 3. The predicted octanol–water partition coefficient (Wildman–Crippen LogP) is -1.52. The Hall–Kier alpha value is 1.26. The number of rotatable bonds is 6. The van der Waals surface area contributed by atoms with Gasteiger partial charge in [-0.15, -0.1) is 0 Å². The van der Waals surface area contributed by atoms with Gasteiger partial charge in [-0.2, -0.15) is 21.0 Å². The Bertz CT molecular complexity index is 184. The summed E-state index contributed by atoms with van der Waals surface area (Å²) in [5.74, 6) is 0.728. The molecule has 70 valence electrons. The normalized spacial score (nSPS) is 10.8. The summed E-state index contributed by atoms with van der Waals surface area (Å²) in [5.41, 5.74) is 0. The largest absolute Gasteiger partial charge is 1.00 e. The van der Waals surface area contributed by atoms with Gasteiger partial charge in [0, 0.05) is 0 Å². The fourth-order valence-corrected chi connectivity index (χ4v) is 1.54. The van der Waals surface area contributed by atoms with E-state index in [1.54, 1.807) is 0 Å². The Balaban J connectivity index is -0.000000500. The molecule has 12 heavy (non-hydrogen) atoms. The first-order valence-electron chi connectivity index (χ1n) is 3.62. The molecule has 0 aliphatic heterocycles. The number of thiol groups is 1. The van der Waals surface area contributed by atoms with Gasteiger partial charge in [0.2, 0.25) is 0 Å². The van der Waals surface area contributed by atoms with Crippen molar-refractivity contribution in [3.05, 3.63) is 0 Å². The van der Waals surface area contributed by atoms with E-state index < -0.39 is 10.1 Å². The van der Waals surface area contributed by atoms with E-state index in [9.17, 15) is 8.42 Å². The van der Waals surface area contributed by atoms with Crippen LogP contribution in [0.5, 0.6) is 0 Å². The summed E-state index contributed by atoms with van der Waals surface area (Å²) in [5, 5.41) is 0. The summed E-state index contributed by atoms with van der Waals surface area (Å²) < 4.78 is 28.7.